The second-order valence-corrected chi connectivity index (χ2v) is 9.32. The van der Waals surface area contributed by atoms with Gasteiger partial charge in [0.1, 0.15) is 17.6 Å². The molecule has 0 aromatic heterocycles. The third kappa shape index (κ3) is 4.89. The molecule has 3 aliphatic rings. The minimum absolute atomic E-state index is 0.0169. The number of hydrogen-bond donors (Lipinski definition) is 1. The third-order valence-corrected chi connectivity index (χ3v) is 6.75. The summed E-state index contributed by atoms with van der Waals surface area (Å²) in [5, 5.41) is 2.91. The monoisotopic (exact) mass is 461 g/mol. The van der Waals surface area contributed by atoms with Crippen molar-refractivity contribution in [1.82, 2.24) is 15.1 Å². The van der Waals surface area contributed by atoms with Crippen LogP contribution in [0.2, 0.25) is 0 Å². The molecule has 3 saturated heterocycles. The Labute approximate surface area is 193 Å². The lowest BCUT2D eigenvalue weighted by molar-refractivity contribution is -0.146. The Kier molecular flexibility index (Phi) is 6.99. The van der Waals surface area contributed by atoms with E-state index in [1.165, 1.54) is 29.2 Å². The Balaban J connectivity index is 1.54. The molecule has 9 heteroatoms. The van der Waals surface area contributed by atoms with Gasteiger partial charge in [-0.2, -0.15) is 0 Å². The number of amides is 3. The summed E-state index contributed by atoms with van der Waals surface area (Å²) < 4.78 is 25.2. The van der Waals surface area contributed by atoms with E-state index in [4.69, 9.17) is 9.47 Å². The highest BCUT2D eigenvalue weighted by atomic mass is 19.1. The van der Waals surface area contributed by atoms with Crippen LogP contribution in [-0.4, -0.2) is 78.2 Å². The summed E-state index contributed by atoms with van der Waals surface area (Å²) in [5.74, 6) is -1.17. The predicted octanol–water partition coefficient (Wildman–Crippen LogP) is 1.94. The molecule has 3 amide bonds. The van der Waals surface area contributed by atoms with E-state index in [0.29, 0.717) is 44.6 Å². The fraction of sp³-hybridized carbons (Fsp3) is 0.625. The number of ether oxygens (including phenoxy) is 2. The van der Waals surface area contributed by atoms with Gasteiger partial charge < -0.3 is 19.7 Å². The molecule has 1 spiro atoms. The Hall–Kier alpha value is -2.52. The average molecular weight is 462 g/mol. The Morgan fingerprint density at radius 3 is 2.48 bits per heavy atom. The van der Waals surface area contributed by atoms with Gasteiger partial charge in [-0.3, -0.25) is 19.3 Å². The van der Waals surface area contributed by atoms with Crippen molar-refractivity contribution in [2.75, 3.05) is 32.8 Å². The smallest absolute Gasteiger partial charge is 0.256 e. The highest BCUT2D eigenvalue weighted by Crippen LogP contribution is 2.38. The minimum atomic E-state index is -0.981. The number of rotatable bonds is 5. The number of benzene rings is 1. The van der Waals surface area contributed by atoms with Gasteiger partial charge in [0.25, 0.3) is 5.91 Å². The lowest BCUT2D eigenvalue weighted by Crippen LogP contribution is -2.60. The highest BCUT2D eigenvalue weighted by Gasteiger charge is 2.54. The van der Waals surface area contributed by atoms with Crippen molar-refractivity contribution in [3.05, 3.63) is 35.6 Å². The topological polar surface area (TPSA) is 88.2 Å². The standard InChI is InChI=1S/C24H32FN3O5/c1-16(2)22(30)27-11-9-24(10-12-27)28(23(31)17-5-7-18(25)8-6-17)20(15-33-24)21(29)26-14-19-4-3-13-32-19/h5-8,16,19-20H,3-4,9-15H2,1-2H3,(H,26,29). The zero-order valence-electron chi connectivity index (χ0n) is 19.2. The summed E-state index contributed by atoms with van der Waals surface area (Å²) in [5.41, 5.74) is -0.690. The molecule has 0 saturated carbocycles. The van der Waals surface area contributed by atoms with Gasteiger partial charge in [-0.1, -0.05) is 13.8 Å². The molecule has 1 aromatic carbocycles. The van der Waals surface area contributed by atoms with Gasteiger partial charge in [0.05, 0.1) is 12.7 Å². The second kappa shape index (κ2) is 9.77. The summed E-state index contributed by atoms with van der Waals surface area (Å²) in [4.78, 5) is 42.4. The minimum Gasteiger partial charge on any atom is -0.376 e. The lowest BCUT2D eigenvalue weighted by Gasteiger charge is -2.44. The molecule has 2 atom stereocenters. The van der Waals surface area contributed by atoms with Crippen LogP contribution in [0.4, 0.5) is 4.39 Å². The van der Waals surface area contributed by atoms with E-state index in [0.717, 1.165) is 12.8 Å². The largest absolute Gasteiger partial charge is 0.376 e. The van der Waals surface area contributed by atoms with Crippen LogP contribution in [-0.2, 0) is 19.1 Å². The van der Waals surface area contributed by atoms with Crippen LogP contribution in [0.5, 0.6) is 0 Å². The molecule has 1 aromatic rings. The average Bonchev–Trinajstić information content (AvgIpc) is 3.46. The molecule has 3 aliphatic heterocycles. The van der Waals surface area contributed by atoms with Crippen molar-refractivity contribution in [2.24, 2.45) is 5.92 Å². The maximum Gasteiger partial charge on any atom is 0.256 e. The molecule has 2 unspecified atom stereocenters. The van der Waals surface area contributed by atoms with Crippen molar-refractivity contribution in [2.45, 2.75) is 57.4 Å². The Morgan fingerprint density at radius 2 is 1.88 bits per heavy atom. The number of carbonyl (C=O) groups excluding carboxylic acids is 3. The maximum absolute atomic E-state index is 13.6. The van der Waals surface area contributed by atoms with Crippen molar-refractivity contribution >= 4 is 17.7 Å². The quantitative estimate of drug-likeness (QED) is 0.724. The molecule has 8 nitrogen and oxygen atoms in total. The number of halogens is 1. The van der Waals surface area contributed by atoms with Crippen LogP contribution in [0.3, 0.4) is 0 Å². The number of nitrogens with zero attached hydrogens (tertiary/aromatic N) is 2. The fourth-order valence-electron chi connectivity index (χ4n) is 4.88. The van der Waals surface area contributed by atoms with Gasteiger partial charge >= 0.3 is 0 Å². The zero-order chi connectivity index (χ0) is 23.6. The molecule has 33 heavy (non-hydrogen) atoms. The van der Waals surface area contributed by atoms with E-state index in [1.54, 1.807) is 4.90 Å². The van der Waals surface area contributed by atoms with Crippen molar-refractivity contribution in [3.8, 4) is 0 Å². The SMILES string of the molecule is CC(C)C(=O)N1CCC2(CC1)OCC(C(=O)NCC1CCCO1)N2C(=O)c1ccc(F)cc1. The van der Waals surface area contributed by atoms with Crippen LogP contribution in [0.1, 0.15) is 49.9 Å². The van der Waals surface area contributed by atoms with E-state index in [9.17, 15) is 18.8 Å². The zero-order valence-corrected chi connectivity index (χ0v) is 19.2. The molecular weight excluding hydrogens is 429 g/mol. The summed E-state index contributed by atoms with van der Waals surface area (Å²) >= 11 is 0. The first-order valence-electron chi connectivity index (χ1n) is 11.7. The van der Waals surface area contributed by atoms with E-state index < -0.39 is 17.6 Å². The summed E-state index contributed by atoms with van der Waals surface area (Å²) in [6.07, 6.45) is 2.67. The van der Waals surface area contributed by atoms with Gasteiger partial charge in [0.2, 0.25) is 11.8 Å². The number of piperidine rings is 1. The van der Waals surface area contributed by atoms with Crippen LogP contribution < -0.4 is 5.32 Å². The normalized spacial score (nSPS) is 24.5. The van der Waals surface area contributed by atoms with Crippen LogP contribution in [0.15, 0.2) is 24.3 Å². The van der Waals surface area contributed by atoms with Gasteiger partial charge in [-0.25, -0.2) is 4.39 Å². The van der Waals surface area contributed by atoms with E-state index >= 15 is 0 Å². The summed E-state index contributed by atoms with van der Waals surface area (Å²) in [6.45, 7) is 5.75. The molecule has 1 N–H and O–H groups in total. The van der Waals surface area contributed by atoms with E-state index in [2.05, 4.69) is 5.32 Å². The first kappa shape index (κ1) is 23.6. The number of likely N-dealkylation sites (tertiary alicyclic amines) is 1. The highest BCUT2D eigenvalue weighted by molar-refractivity contribution is 5.98. The van der Waals surface area contributed by atoms with Crippen molar-refractivity contribution in [1.29, 1.82) is 0 Å². The van der Waals surface area contributed by atoms with Crippen molar-refractivity contribution < 1.29 is 28.2 Å². The number of carbonyl (C=O) groups is 3. The van der Waals surface area contributed by atoms with Gasteiger partial charge in [0.15, 0.2) is 0 Å². The Morgan fingerprint density at radius 1 is 1.18 bits per heavy atom. The predicted molar refractivity (Wildman–Crippen MR) is 118 cm³/mol. The van der Waals surface area contributed by atoms with Gasteiger partial charge in [-0.05, 0) is 37.1 Å². The van der Waals surface area contributed by atoms with E-state index in [-0.39, 0.29) is 36.4 Å². The molecule has 0 aliphatic carbocycles. The number of nitrogens with one attached hydrogen (secondary N) is 1. The van der Waals surface area contributed by atoms with Crippen LogP contribution in [0.25, 0.3) is 0 Å². The molecule has 0 radical (unpaired) electrons. The van der Waals surface area contributed by atoms with Gasteiger partial charge in [-0.15, -0.1) is 0 Å². The van der Waals surface area contributed by atoms with Crippen molar-refractivity contribution in [3.63, 3.8) is 0 Å². The molecule has 4 rings (SSSR count). The lowest BCUT2D eigenvalue weighted by atomic mass is 9.95. The second-order valence-electron chi connectivity index (χ2n) is 9.32. The fourth-order valence-corrected chi connectivity index (χ4v) is 4.88. The molecule has 3 heterocycles. The Bertz CT molecular complexity index is 877. The molecule has 3 fully saturated rings. The van der Waals surface area contributed by atoms with Gasteiger partial charge in [0, 0.05) is 50.6 Å². The third-order valence-electron chi connectivity index (χ3n) is 6.75. The molecule has 180 valence electrons. The molecular formula is C24H32FN3O5. The van der Waals surface area contributed by atoms with Crippen LogP contribution >= 0.6 is 0 Å². The summed E-state index contributed by atoms with van der Waals surface area (Å²) in [7, 11) is 0. The first-order valence-corrected chi connectivity index (χ1v) is 11.7. The maximum atomic E-state index is 13.6. The van der Waals surface area contributed by atoms with Crippen LogP contribution in [0, 0.1) is 11.7 Å². The summed E-state index contributed by atoms with van der Waals surface area (Å²) in [6, 6.07) is 4.49. The number of hydrogen-bond acceptors (Lipinski definition) is 5. The first-order chi connectivity index (χ1) is 15.8. The molecule has 0 bridgehead atoms. The van der Waals surface area contributed by atoms with E-state index in [1.807, 2.05) is 13.8 Å².